The van der Waals surface area contributed by atoms with Crippen LogP contribution < -0.4 is 0 Å². The Hall–Kier alpha value is -0.0400. The fourth-order valence-electron chi connectivity index (χ4n) is 4.04. The zero-order valence-electron chi connectivity index (χ0n) is 19.3. The molecule has 0 rings (SSSR count). The highest BCUT2D eigenvalue weighted by Crippen LogP contribution is 2.14. The zero-order chi connectivity index (χ0) is 19.3. The van der Waals surface area contributed by atoms with Crippen LogP contribution in [0.4, 0.5) is 0 Å². The number of hydrogen-bond donors (Lipinski definition) is 0. The van der Waals surface area contributed by atoms with Crippen molar-refractivity contribution in [2.24, 2.45) is 0 Å². The monoisotopic (exact) mass is 368 g/mol. The van der Waals surface area contributed by atoms with Gasteiger partial charge >= 0.3 is 0 Å². The van der Waals surface area contributed by atoms with Crippen molar-refractivity contribution in [2.75, 3.05) is 26.7 Å². The summed E-state index contributed by atoms with van der Waals surface area (Å²) in [6, 6.07) is 0. The van der Waals surface area contributed by atoms with E-state index >= 15 is 0 Å². The van der Waals surface area contributed by atoms with Crippen LogP contribution in [-0.4, -0.2) is 31.2 Å². The first-order valence-electron chi connectivity index (χ1n) is 12.5. The molecule has 0 aliphatic carbocycles. The Morgan fingerprint density at radius 1 is 0.385 bits per heavy atom. The van der Waals surface area contributed by atoms with E-state index in [2.05, 4.69) is 27.8 Å². The molecule has 0 bridgehead atoms. The lowest BCUT2D eigenvalue weighted by Crippen LogP contribution is -2.45. The summed E-state index contributed by atoms with van der Waals surface area (Å²) in [6.45, 7) is 11.1. The molecule has 0 amide bonds. The lowest BCUT2D eigenvalue weighted by Gasteiger charge is -2.33. The van der Waals surface area contributed by atoms with Crippen LogP contribution in [0.15, 0.2) is 0 Å². The summed E-state index contributed by atoms with van der Waals surface area (Å²) in [4.78, 5) is 0. The summed E-state index contributed by atoms with van der Waals surface area (Å²) in [7, 11) is 2.50. The fraction of sp³-hybridized carbons (Fsp3) is 1.00. The topological polar surface area (TPSA) is 0 Å². The molecule has 26 heavy (non-hydrogen) atoms. The van der Waals surface area contributed by atoms with Gasteiger partial charge in [-0.2, -0.15) is 0 Å². The van der Waals surface area contributed by atoms with Gasteiger partial charge in [0.1, 0.15) is 0 Å². The summed E-state index contributed by atoms with van der Waals surface area (Å²) in [5.41, 5.74) is 0. The molecule has 158 valence electrons. The molecule has 0 saturated carbocycles. The van der Waals surface area contributed by atoms with Crippen LogP contribution in [0.2, 0.25) is 0 Å². The van der Waals surface area contributed by atoms with Crippen LogP contribution in [0.25, 0.3) is 0 Å². The Kier molecular flexibility index (Phi) is 19.7. The van der Waals surface area contributed by atoms with E-state index in [9.17, 15) is 0 Å². The van der Waals surface area contributed by atoms with Gasteiger partial charge in [-0.1, -0.05) is 104 Å². The van der Waals surface area contributed by atoms with Gasteiger partial charge in [-0.25, -0.2) is 0 Å². The number of hydrogen-bond acceptors (Lipinski definition) is 0. The highest BCUT2D eigenvalue weighted by Gasteiger charge is 2.17. The predicted octanol–water partition coefficient (Wildman–Crippen LogP) is 8.51. The van der Waals surface area contributed by atoms with Crippen LogP contribution in [0.3, 0.4) is 0 Å². The van der Waals surface area contributed by atoms with E-state index in [4.69, 9.17) is 0 Å². The van der Waals surface area contributed by atoms with Gasteiger partial charge in [0.15, 0.2) is 0 Å². The number of unbranched alkanes of at least 4 members (excludes halogenated alkanes) is 16. The quantitative estimate of drug-likeness (QED) is 0.141. The highest BCUT2D eigenvalue weighted by atomic mass is 15.3. The maximum atomic E-state index is 2.50. The fourth-order valence-corrected chi connectivity index (χ4v) is 4.04. The number of rotatable bonds is 21. The smallest absolute Gasteiger partial charge is 0.0784 e. The van der Waals surface area contributed by atoms with Gasteiger partial charge in [-0.15, -0.1) is 0 Å². The van der Waals surface area contributed by atoms with E-state index in [1.54, 1.807) is 0 Å². The van der Waals surface area contributed by atoms with Crippen molar-refractivity contribution in [1.29, 1.82) is 0 Å². The second-order valence-corrected chi connectivity index (χ2v) is 9.04. The predicted molar refractivity (Wildman–Crippen MR) is 121 cm³/mol. The van der Waals surface area contributed by atoms with Crippen LogP contribution in [0, 0.1) is 0 Å². The molecule has 0 fully saturated rings. The largest absolute Gasteiger partial charge is 0.326 e. The molecular formula is C25H54N+. The van der Waals surface area contributed by atoms with Crippen LogP contribution in [-0.2, 0) is 0 Å². The van der Waals surface area contributed by atoms with Gasteiger partial charge in [0.2, 0.25) is 0 Å². The highest BCUT2D eigenvalue weighted by molar-refractivity contribution is 4.50. The van der Waals surface area contributed by atoms with E-state index in [1.165, 1.54) is 140 Å². The molecule has 1 atom stereocenters. The summed E-state index contributed by atoms with van der Waals surface area (Å²) in [6.07, 6.45) is 26.1. The second-order valence-electron chi connectivity index (χ2n) is 9.04. The van der Waals surface area contributed by atoms with E-state index in [0.717, 1.165) is 0 Å². The third-order valence-electron chi connectivity index (χ3n) is 6.37. The molecular weight excluding hydrogens is 314 g/mol. The van der Waals surface area contributed by atoms with Crippen molar-refractivity contribution in [1.82, 2.24) is 0 Å². The van der Waals surface area contributed by atoms with Gasteiger partial charge in [0.25, 0.3) is 0 Å². The minimum absolute atomic E-state index is 1.31. The van der Waals surface area contributed by atoms with Crippen molar-refractivity contribution in [3.05, 3.63) is 0 Å². The average molecular weight is 369 g/mol. The third kappa shape index (κ3) is 17.4. The average Bonchev–Trinajstić information content (AvgIpc) is 2.65. The summed E-state index contributed by atoms with van der Waals surface area (Å²) in [5, 5.41) is 0. The van der Waals surface area contributed by atoms with Crippen molar-refractivity contribution < 1.29 is 4.48 Å². The van der Waals surface area contributed by atoms with Crippen molar-refractivity contribution >= 4 is 0 Å². The molecule has 0 aromatic carbocycles. The van der Waals surface area contributed by atoms with Crippen LogP contribution in [0.1, 0.15) is 136 Å². The van der Waals surface area contributed by atoms with Gasteiger partial charge in [-0.05, 0) is 32.6 Å². The van der Waals surface area contributed by atoms with Gasteiger partial charge in [0, 0.05) is 0 Å². The lowest BCUT2D eigenvalue weighted by molar-refractivity contribution is -0.908. The Morgan fingerprint density at radius 2 is 0.654 bits per heavy atom. The molecule has 1 heteroatoms. The van der Waals surface area contributed by atoms with E-state index in [1.807, 2.05) is 0 Å². The van der Waals surface area contributed by atoms with E-state index in [0.29, 0.717) is 0 Å². The molecule has 0 aromatic rings. The Bertz CT molecular complexity index is 263. The molecule has 1 nitrogen and oxygen atoms in total. The first kappa shape index (κ1) is 26.0. The van der Waals surface area contributed by atoms with E-state index < -0.39 is 0 Å². The first-order valence-corrected chi connectivity index (χ1v) is 12.5. The van der Waals surface area contributed by atoms with Crippen LogP contribution in [0.5, 0.6) is 0 Å². The Labute approximate surface area is 167 Å². The molecule has 0 saturated heterocycles. The summed E-state index contributed by atoms with van der Waals surface area (Å²) < 4.78 is 1.31. The maximum Gasteiger partial charge on any atom is 0.0784 e. The maximum absolute atomic E-state index is 2.50. The number of nitrogens with zero attached hydrogens (tertiary/aromatic N) is 1. The molecule has 0 aliphatic rings. The molecule has 0 N–H and O–H groups in total. The first-order chi connectivity index (χ1) is 12.7. The van der Waals surface area contributed by atoms with Crippen molar-refractivity contribution in [3.8, 4) is 0 Å². The molecule has 1 unspecified atom stereocenters. The summed E-state index contributed by atoms with van der Waals surface area (Å²) in [5.74, 6) is 0. The second kappa shape index (κ2) is 19.7. The van der Waals surface area contributed by atoms with Crippen LogP contribution >= 0.6 is 0 Å². The number of quaternary nitrogens is 1. The van der Waals surface area contributed by atoms with E-state index in [-0.39, 0.29) is 0 Å². The molecule has 0 aromatic heterocycles. The minimum Gasteiger partial charge on any atom is -0.326 e. The van der Waals surface area contributed by atoms with Crippen molar-refractivity contribution in [3.63, 3.8) is 0 Å². The molecule has 0 aliphatic heterocycles. The molecule has 0 spiro atoms. The zero-order valence-corrected chi connectivity index (χ0v) is 19.3. The molecule has 0 radical (unpaired) electrons. The minimum atomic E-state index is 1.31. The standard InChI is InChI=1S/C25H54N/c1-5-8-10-12-14-16-17-19-21-23-25-26(4,7-3)24-22-20-18-15-13-11-9-6-2/h5-25H2,1-4H3/q+1. The lowest BCUT2D eigenvalue weighted by atomic mass is 10.1. The van der Waals surface area contributed by atoms with Gasteiger partial charge in [0.05, 0.1) is 26.7 Å². The Morgan fingerprint density at radius 3 is 0.923 bits per heavy atom. The van der Waals surface area contributed by atoms with Gasteiger partial charge in [-0.3, -0.25) is 0 Å². The third-order valence-corrected chi connectivity index (χ3v) is 6.37. The normalized spacial score (nSPS) is 13.8. The van der Waals surface area contributed by atoms with Gasteiger partial charge < -0.3 is 4.48 Å². The summed E-state index contributed by atoms with van der Waals surface area (Å²) >= 11 is 0. The Balaban J connectivity index is 3.48. The van der Waals surface area contributed by atoms with Crippen molar-refractivity contribution in [2.45, 2.75) is 136 Å². The SMILES string of the molecule is CCCCCCCCCCCC[N+](C)(CC)CCCCCCCCCC. The molecule has 0 heterocycles.